The summed E-state index contributed by atoms with van der Waals surface area (Å²) in [6.07, 6.45) is 3.06. The van der Waals surface area contributed by atoms with Crippen LogP contribution < -0.4 is 0 Å². The Morgan fingerprint density at radius 3 is 1.32 bits per heavy atom. The van der Waals surface area contributed by atoms with Crippen LogP contribution in [0.3, 0.4) is 0 Å². The minimum absolute atomic E-state index is 0.0700. The van der Waals surface area contributed by atoms with Crippen LogP contribution in [0.15, 0.2) is 0 Å². The van der Waals surface area contributed by atoms with Crippen LogP contribution in [0.4, 0.5) is 0 Å². The predicted octanol–water partition coefficient (Wildman–Crippen LogP) is 2.33. The zero-order valence-electron chi connectivity index (χ0n) is 27.8. The summed E-state index contributed by atoms with van der Waals surface area (Å²) < 4.78 is 23.3. The van der Waals surface area contributed by atoms with Gasteiger partial charge in [-0.3, -0.25) is 14.4 Å². The number of rotatable bonds is 20. The van der Waals surface area contributed by atoms with E-state index in [4.69, 9.17) is 18.0 Å². The second-order valence-electron chi connectivity index (χ2n) is 11.0. The molecule has 258 valence electrons. The lowest BCUT2D eigenvalue weighted by atomic mass is 10.2. The van der Waals surface area contributed by atoms with Gasteiger partial charge in [0.1, 0.15) is 0 Å². The first kappa shape index (κ1) is 40.4. The summed E-state index contributed by atoms with van der Waals surface area (Å²) in [5.41, 5.74) is 0. The van der Waals surface area contributed by atoms with Crippen molar-refractivity contribution in [2.45, 2.75) is 72.3 Å². The van der Waals surface area contributed by atoms with Crippen molar-refractivity contribution in [2.75, 3.05) is 105 Å². The molecule has 13 nitrogen and oxygen atoms in total. The lowest BCUT2D eigenvalue weighted by Gasteiger charge is -2.32. The maximum atomic E-state index is 12.1. The largest absolute Gasteiger partial charge is 0.500 e. The van der Waals surface area contributed by atoms with E-state index in [0.29, 0.717) is 59.0 Å². The summed E-state index contributed by atoms with van der Waals surface area (Å²) in [6, 6.07) is 0.736. The molecule has 0 atom stereocenters. The maximum Gasteiger partial charge on any atom is 0.500 e. The third kappa shape index (κ3) is 19.0. The third-order valence-electron chi connectivity index (χ3n) is 7.63. The molecule has 14 heteroatoms. The van der Waals surface area contributed by atoms with Gasteiger partial charge in [0.2, 0.25) is 0 Å². The third-order valence-corrected chi connectivity index (χ3v) is 10.8. The summed E-state index contributed by atoms with van der Waals surface area (Å²) in [6.45, 7) is 18.2. The van der Waals surface area contributed by atoms with Gasteiger partial charge in [-0.25, -0.2) is 0 Å². The number of ether oxygens (including phenoxy) is 1. The molecule has 1 saturated heterocycles. The molecule has 0 radical (unpaired) electrons. The Bertz CT molecular complexity index is 779. The molecular formula is C30H60N4O9Si. The molecular weight excluding hydrogens is 588 g/mol. The smallest absolute Gasteiger partial charge is 0.481 e. The fraction of sp³-hybridized carbons (Fsp3) is 0.900. The number of nitrogens with zero attached hydrogens (tertiary/aromatic N) is 4. The highest BCUT2D eigenvalue weighted by atomic mass is 28.4. The fourth-order valence-corrected chi connectivity index (χ4v) is 8.05. The van der Waals surface area contributed by atoms with Crippen LogP contribution in [0.1, 0.15) is 66.2 Å². The fourth-order valence-electron chi connectivity index (χ4n) is 5.45. The Hall–Kier alpha value is -1.65. The zero-order chi connectivity index (χ0) is 32.6. The van der Waals surface area contributed by atoms with Gasteiger partial charge in [0, 0.05) is 71.7 Å². The highest BCUT2D eigenvalue weighted by Crippen LogP contribution is 2.19. The van der Waals surface area contributed by atoms with Crippen molar-refractivity contribution >= 4 is 26.7 Å². The molecule has 1 aliphatic heterocycles. The predicted molar refractivity (Wildman–Crippen MR) is 171 cm³/mol. The standard InChI is InChI=1S/C30H60N4O9Si/c1-5-40-30(39)14-22-34-18-9-15-31(19-11-27-44(41-6-2,42-7-3)43-8-4)23-24-32(20-12-28(35)36)16-10-17-33(25-26-34)21-13-29(37)38/h5-27H2,1-4H3,(H,35,36)(H,37,38). The average molecular weight is 649 g/mol. The van der Waals surface area contributed by atoms with Crippen LogP contribution in [0.2, 0.25) is 6.04 Å². The Kier molecular flexibility index (Phi) is 22.5. The Morgan fingerprint density at radius 2 is 0.955 bits per heavy atom. The summed E-state index contributed by atoms with van der Waals surface area (Å²) in [5, 5.41) is 18.6. The molecule has 0 unspecified atom stereocenters. The summed E-state index contributed by atoms with van der Waals surface area (Å²) >= 11 is 0. The van der Waals surface area contributed by atoms with Crippen molar-refractivity contribution in [2.24, 2.45) is 0 Å². The number of hydrogen-bond donors (Lipinski definition) is 2. The molecule has 0 saturated carbocycles. The average Bonchev–Trinajstić information content (AvgIpc) is 2.97. The summed E-state index contributed by atoms with van der Waals surface area (Å²) in [4.78, 5) is 43.9. The first-order chi connectivity index (χ1) is 21.2. The van der Waals surface area contributed by atoms with Crippen molar-refractivity contribution in [3.05, 3.63) is 0 Å². The van der Waals surface area contributed by atoms with Crippen LogP contribution in [0.25, 0.3) is 0 Å². The molecule has 1 heterocycles. The van der Waals surface area contributed by atoms with Gasteiger partial charge >= 0.3 is 26.7 Å². The number of hydrogen-bond acceptors (Lipinski definition) is 11. The van der Waals surface area contributed by atoms with E-state index >= 15 is 0 Å². The van der Waals surface area contributed by atoms with E-state index in [-0.39, 0.29) is 18.8 Å². The zero-order valence-corrected chi connectivity index (χ0v) is 28.8. The minimum Gasteiger partial charge on any atom is -0.481 e. The lowest BCUT2D eigenvalue weighted by Crippen LogP contribution is -2.47. The molecule has 0 aromatic rings. The van der Waals surface area contributed by atoms with E-state index in [2.05, 4.69) is 19.6 Å². The number of carboxylic acids is 2. The Labute approximate surface area is 266 Å². The van der Waals surface area contributed by atoms with Crippen LogP contribution in [0.5, 0.6) is 0 Å². The van der Waals surface area contributed by atoms with Crippen molar-refractivity contribution < 1.29 is 42.6 Å². The highest BCUT2D eigenvalue weighted by molar-refractivity contribution is 6.60. The quantitative estimate of drug-likeness (QED) is 0.148. The summed E-state index contributed by atoms with van der Waals surface area (Å²) in [7, 11) is -2.74. The topological polar surface area (TPSA) is 142 Å². The van der Waals surface area contributed by atoms with Gasteiger partial charge in [-0.2, -0.15) is 0 Å². The first-order valence-corrected chi connectivity index (χ1v) is 18.5. The van der Waals surface area contributed by atoms with E-state index in [0.717, 1.165) is 77.7 Å². The maximum absolute atomic E-state index is 12.1. The molecule has 0 aromatic carbocycles. The Balaban J connectivity index is 3.02. The van der Waals surface area contributed by atoms with Crippen LogP contribution >= 0.6 is 0 Å². The van der Waals surface area contributed by atoms with Crippen molar-refractivity contribution in [1.82, 2.24) is 19.6 Å². The normalized spacial score (nSPS) is 17.7. The Morgan fingerprint density at radius 1 is 0.568 bits per heavy atom. The molecule has 1 aliphatic rings. The van der Waals surface area contributed by atoms with Crippen LogP contribution in [-0.4, -0.2) is 161 Å². The van der Waals surface area contributed by atoms with Gasteiger partial charge in [0.05, 0.1) is 25.9 Å². The van der Waals surface area contributed by atoms with Crippen LogP contribution in [0, 0.1) is 0 Å². The van der Waals surface area contributed by atoms with Crippen LogP contribution in [-0.2, 0) is 32.4 Å². The van der Waals surface area contributed by atoms with Gasteiger partial charge < -0.3 is 47.8 Å². The number of esters is 1. The number of aliphatic carboxylic acids is 2. The molecule has 0 aliphatic carbocycles. The molecule has 1 fully saturated rings. The second-order valence-corrected chi connectivity index (χ2v) is 13.7. The van der Waals surface area contributed by atoms with E-state index in [1.807, 2.05) is 20.8 Å². The van der Waals surface area contributed by atoms with E-state index < -0.39 is 20.7 Å². The molecule has 44 heavy (non-hydrogen) atoms. The van der Waals surface area contributed by atoms with E-state index in [1.165, 1.54) is 0 Å². The first-order valence-electron chi connectivity index (χ1n) is 16.6. The molecule has 0 bridgehead atoms. The minimum atomic E-state index is -2.74. The van der Waals surface area contributed by atoms with Gasteiger partial charge in [-0.1, -0.05) is 0 Å². The molecule has 0 spiro atoms. The van der Waals surface area contributed by atoms with Crippen molar-refractivity contribution in [3.8, 4) is 0 Å². The van der Waals surface area contributed by atoms with Gasteiger partial charge in [-0.05, 0) is 79.7 Å². The van der Waals surface area contributed by atoms with Crippen molar-refractivity contribution in [3.63, 3.8) is 0 Å². The number of carbonyl (C=O) groups is 3. The molecule has 0 aromatic heterocycles. The number of carbonyl (C=O) groups excluding carboxylic acids is 1. The highest BCUT2D eigenvalue weighted by Gasteiger charge is 2.39. The second kappa shape index (κ2) is 24.6. The SMILES string of the molecule is CCOC(=O)CCN1CCCN(CCC[Si](OCC)(OCC)OCC)CCN(CCC(=O)O)CCCN(CCC(=O)O)CC1. The van der Waals surface area contributed by atoms with E-state index in [1.54, 1.807) is 6.92 Å². The number of carboxylic acid groups (broad SMARTS) is 2. The van der Waals surface area contributed by atoms with E-state index in [9.17, 15) is 24.6 Å². The lowest BCUT2D eigenvalue weighted by molar-refractivity contribution is -0.143. The molecule has 1 rings (SSSR count). The monoisotopic (exact) mass is 648 g/mol. The van der Waals surface area contributed by atoms with Gasteiger partial charge in [0.25, 0.3) is 0 Å². The van der Waals surface area contributed by atoms with Gasteiger partial charge in [-0.15, -0.1) is 0 Å². The van der Waals surface area contributed by atoms with Crippen molar-refractivity contribution in [1.29, 1.82) is 0 Å². The summed E-state index contributed by atoms with van der Waals surface area (Å²) in [5.74, 6) is -1.84. The molecule has 0 amide bonds. The van der Waals surface area contributed by atoms with Gasteiger partial charge in [0.15, 0.2) is 0 Å². The molecule has 2 N–H and O–H groups in total.